The van der Waals surface area contributed by atoms with E-state index >= 15 is 0 Å². The van der Waals surface area contributed by atoms with Crippen LogP contribution >= 0.6 is 0 Å². The molecule has 4 nitrogen and oxygen atoms in total. The predicted octanol–water partition coefficient (Wildman–Crippen LogP) is 1.83. The third kappa shape index (κ3) is 4.87. The predicted molar refractivity (Wildman–Crippen MR) is 66.4 cm³/mol. The van der Waals surface area contributed by atoms with Gasteiger partial charge in [0, 0.05) is 19.7 Å². The van der Waals surface area contributed by atoms with Crippen LogP contribution in [-0.4, -0.2) is 35.1 Å². The van der Waals surface area contributed by atoms with Gasteiger partial charge in [-0.25, -0.2) is 0 Å². The topological polar surface area (TPSA) is 53.7 Å². The maximum atomic E-state index is 11.7. The summed E-state index contributed by atoms with van der Waals surface area (Å²) >= 11 is 0. The highest BCUT2D eigenvalue weighted by Crippen LogP contribution is 2.09. The summed E-state index contributed by atoms with van der Waals surface area (Å²) in [6, 6.07) is 3.64. The van der Waals surface area contributed by atoms with E-state index in [4.69, 9.17) is 4.42 Å². The number of amides is 1. The summed E-state index contributed by atoms with van der Waals surface area (Å²) in [7, 11) is 1.65. The number of carbonyl (C=O) groups excluding carboxylic acids is 1. The molecule has 0 saturated carbocycles. The molecular weight excluding hydrogens is 218 g/mol. The van der Waals surface area contributed by atoms with E-state index in [1.165, 1.54) is 11.0 Å². The van der Waals surface area contributed by atoms with E-state index in [0.29, 0.717) is 5.76 Å². The van der Waals surface area contributed by atoms with Crippen molar-refractivity contribution in [3.05, 3.63) is 29.7 Å². The SMILES string of the molecule is Cc1ccc(C=CC(=O)N(C)CC(C)(C)O)o1. The van der Waals surface area contributed by atoms with E-state index in [2.05, 4.69) is 0 Å². The van der Waals surface area contributed by atoms with E-state index in [9.17, 15) is 9.90 Å². The Morgan fingerprint density at radius 2 is 2.18 bits per heavy atom. The molecule has 0 aromatic carbocycles. The second-order valence-electron chi connectivity index (χ2n) is 4.79. The van der Waals surface area contributed by atoms with Crippen molar-refractivity contribution in [3.63, 3.8) is 0 Å². The van der Waals surface area contributed by atoms with Gasteiger partial charge in [-0.3, -0.25) is 4.79 Å². The molecule has 0 saturated heterocycles. The standard InChI is InChI=1S/C13H19NO3/c1-10-5-6-11(17-10)7-8-12(15)14(4)9-13(2,3)16/h5-8,16H,9H2,1-4H3. The Hall–Kier alpha value is -1.55. The van der Waals surface area contributed by atoms with Crippen LogP contribution in [0.1, 0.15) is 25.4 Å². The molecule has 0 aliphatic carbocycles. The third-order valence-corrected chi connectivity index (χ3v) is 2.15. The van der Waals surface area contributed by atoms with Gasteiger partial charge >= 0.3 is 0 Å². The minimum absolute atomic E-state index is 0.166. The van der Waals surface area contributed by atoms with Crippen LogP contribution in [0.5, 0.6) is 0 Å². The molecule has 1 aromatic rings. The monoisotopic (exact) mass is 237 g/mol. The highest BCUT2D eigenvalue weighted by atomic mass is 16.3. The lowest BCUT2D eigenvalue weighted by Crippen LogP contribution is -2.38. The fourth-order valence-corrected chi connectivity index (χ4v) is 1.48. The summed E-state index contributed by atoms with van der Waals surface area (Å²) in [6.07, 6.45) is 3.06. The number of hydrogen-bond donors (Lipinski definition) is 1. The molecule has 1 amide bonds. The first-order chi connectivity index (χ1) is 7.78. The van der Waals surface area contributed by atoms with Crippen molar-refractivity contribution < 1.29 is 14.3 Å². The summed E-state index contributed by atoms with van der Waals surface area (Å²) in [4.78, 5) is 13.2. The maximum absolute atomic E-state index is 11.7. The van der Waals surface area contributed by atoms with Gasteiger partial charge in [-0.15, -0.1) is 0 Å². The molecule has 1 heterocycles. The van der Waals surface area contributed by atoms with Crippen LogP contribution in [0, 0.1) is 6.92 Å². The summed E-state index contributed by atoms with van der Waals surface area (Å²) in [5.41, 5.74) is -0.889. The zero-order valence-corrected chi connectivity index (χ0v) is 10.7. The number of furan rings is 1. The van der Waals surface area contributed by atoms with Crippen molar-refractivity contribution in [1.29, 1.82) is 0 Å². The number of aliphatic hydroxyl groups is 1. The van der Waals surface area contributed by atoms with E-state index in [1.54, 1.807) is 33.0 Å². The summed E-state index contributed by atoms with van der Waals surface area (Å²) < 4.78 is 5.31. The number of carbonyl (C=O) groups is 1. The van der Waals surface area contributed by atoms with Gasteiger partial charge in [0.2, 0.25) is 5.91 Å². The first-order valence-corrected chi connectivity index (χ1v) is 5.50. The van der Waals surface area contributed by atoms with E-state index in [-0.39, 0.29) is 12.5 Å². The van der Waals surface area contributed by atoms with Crippen molar-refractivity contribution in [1.82, 2.24) is 4.90 Å². The van der Waals surface area contributed by atoms with Crippen LogP contribution in [-0.2, 0) is 4.79 Å². The van der Waals surface area contributed by atoms with Crippen molar-refractivity contribution in [3.8, 4) is 0 Å². The molecule has 1 aromatic heterocycles. The van der Waals surface area contributed by atoms with Gasteiger partial charge < -0.3 is 14.4 Å². The van der Waals surface area contributed by atoms with Crippen molar-refractivity contribution in [2.24, 2.45) is 0 Å². The van der Waals surface area contributed by atoms with Crippen LogP contribution in [0.3, 0.4) is 0 Å². The normalized spacial score (nSPS) is 12.1. The molecule has 0 aliphatic heterocycles. The summed E-state index contributed by atoms with van der Waals surface area (Å²) in [5, 5.41) is 9.59. The van der Waals surface area contributed by atoms with Crippen LogP contribution in [0.2, 0.25) is 0 Å². The van der Waals surface area contributed by atoms with E-state index in [1.807, 2.05) is 13.0 Å². The second kappa shape index (κ2) is 5.19. The quantitative estimate of drug-likeness (QED) is 0.813. The van der Waals surface area contributed by atoms with Gasteiger partial charge in [0.05, 0.1) is 5.60 Å². The zero-order chi connectivity index (χ0) is 13.1. The lowest BCUT2D eigenvalue weighted by atomic mass is 10.1. The zero-order valence-electron chi connectivity index (χ0n) is 10.7. The molecule has 0 bridgehead atoms. The minimum Gasteiger partial charge on any atom is -0.462 e. The van der Waals surface area contributed by atoms with Gasteiger partial charge in [-0.1, -0.05) is 0 Å². The van der Waals surface area contributed by atoms with Gasteiger partial charge in [-0.2, -0.15) is 0 Å². The highest BCUT2D eigenvalue weighted by Gasteiger charge is 2.17. The van der Waals surface area contributed by atoms with Crippen molar-refractivity contribution in [2.45, 2.75) is 26.4 Å². The Morgan fingerprint density at radius 1 is 1.53 bits per heavy atom. The molecule has 0 radical (unpaired) electrons. The molecule has 0 aliphatic rings. The average Bonchev–Trinajstić information content (AvgIpc) is 2.58. The molecule has 4 heteroatoms. The number of likely N-dealkylation sites (N-methyl/N-ethyl adjacent to an activating group) is 1. The number of rotatable bonds is 4. The van der Waals surface area contributed by atoms with Crippen LogP contribution in [0.25, 0.3) is 6.08 Å². The molecule has 1 N–H and O–H groups in total. The summed E-state index contributed by atoms with van der Waals surface area (Å²) in [6.45, 7) is 5.46. The minimum atomic E-state index is -0.889. The van der Waals surface area contributed by atoms with Gasteiger partial charge in [0.25, 0.3) is 0 Å². The van der Waals surface area contributed by atoms with Crippen LogP contribution in [0.15, 0.2) is 22.6 Å². The molecule has 0 fully saturated rings. The maximum Gasteiger partial charge on any atom is 0.246 e. The lowest BCUT2D eigenvalue weighted by Gasteiger charge is -2.24. The number of aryl methyl sites for hydroxylation is 1. The summed E-state index contributed by atoms with van der Waals surface area (Å²) in [5.74, 6) is 1.29. The highest BCUT2D eigenvalue weighted by molar-refractivity contribution is 5.91. The van der Waals surface area contributed by atoms with Gasteiger partial charge in [-0.05, 0) is 39.0 Å². The van der Waals surface area contributed by atoms with Crippen molar-refractivity contribution in [2.75, 3.05) is 13.6 Å². The number of hydrogen-bond acceptors (Lipinski definition) is 3. The number of nitrogens with zero attached hydrogens (tertiary/aromatic N) is 1. The van der Waals surface area contributed by atoms with Gasteiger partial charge in [0.1, 0.15) is 11.5 Å². The fourth-order valence-electron chi connectivity index (χ4n) is 1.48. The second-order valence-corrected chi connectivity index (χ2v) is 4.79. The van der Waals surface area contributed by atoms with Crippen LogP contribution in [0.4, 0.5) is 0 Å². The average molecular weight is 237 g/mol. The third-order valence-electron chi connectivity index (χ3n) is 2.15. The van der Waals surface area contributed by atoms with E-state index < -0.39 is 5.60 Å². The Kier molecular flexibility index (Phi) is 4.12. The smallest absolute Gasteiger partial charge is 0.246 e. The molecule has 17 heavy (non-hydrogen) atoms. The first kappa shape index (κ1) is 13.5. The van der Waals surface area contributed by atoms with Crippen molar-refractivity contribution >= 4 is 12.0 Å². The Labute approximate surface area is 102 Å². The molecule has 0 unspecified atom stereocenters. The molecule has 94 valence electrons. The van der Waals surface area contributed by atoms with E-state index in [0.717, 1.165) is 5.76 Å². The first-order valence-electron chi connectivity index (χ1n) is 5.50. The Balaban J connectivity index is 2.57. The molecular formula is C13H19NO3. The Morgan fingerprint density at radius 3 is 2.65 bits per heavy atom. The lowest BCUT2D eigenvalue weighted by molar-refractivity contribution is -0.127. The molecule has 1 rings (SSSR count). The molecule has 0 atom stereocenters. The molecule has 0 spiro atoms. The largest absolute Gasteiger partial charge is 0.462 e. The van der Waals surface area contributed by atoms with Gasteiger partial charge in [0.15, 0.2) is 0 Å². The van der Waals surface area contributed by atoms with Crippen LogP contribution < -0.4 is 0 Å². The Bertz CT molecular complexity index is 413. The fraction of sp³-hybridized carbons (Fsp3) is 0.462.